The molecule has 1 aromatic heterocycles. The molecule has 0 saturated heterocycles. The van der Waals surface area contributed by atoms with Gasteiger partial charge in [-0.25, -0.2) is 4.98 Å². The number of aromatic nitrogens is 1. The summed E-state index contributed by atoms with van der Waals surface area (Å²) in [6.07, 6.45) is 7.91. The fourth-order valence-electron chi connectivity index (χ4n) is 4.09. The van der Waals surface area contributed by atoms with Gasteiger partial charge in [-0.2, -0.15) is 0 Å². The van der Waals surface area contributed by atoms with E-state index in [4.69, 9.17) is 0 Å². The molecule has 138 valence electrons. The molecular formula is C21H27N3OS. The summed E-state index contributed by atoms with van der Waals surface area (Å²) in [5, 5.41) is 3.82. The van der Waals surface area contributed by atoms with Crippen LogP contribution in [-0.4, -0.2) is 22.3 Å². The zero-order chi connectivity index (χ0) is 17.8. The highest BCUT2D eigenvalue weighted by Crippen LogP contribution is 2.30. The number of fused-ring (bicyclic) bond motifs is 1. The molecule has 1 amide bonds. The molecule has 1 fully saturated rings. The van der Waals surface area contributed by atoms with Crippen LogP contribution in [0, 0.1) is 5.92 Å². The maximum absolute atomic E-state index is 12.2. The molecule has 0 spiro atoms. The van der Waals surface area contributed by atoms with Crippen LogP contribution < -0.4 is 5.32 Å². The van der Waals surface area contributed by atoms with Crippen LogP contribution in [0.4, 0.5) is 5.13 Å². The fraction of sp³-hybridized carbons (Fsp3) is 0.524. The third kappa shape index (κ3) is 4.51. The van der Waals surface area contributed by atoms with Gasteiger partial charge in [0.1, 0.15) is 0 Å². The first-order valence-corrected chi connectivity index (χ1v) is 10.6. The van der Waals surface area contributed by atoms with Crippen LogP contribution in [0.15, 0.2) is 30.3 Å². The van der Waals surface area contributed by atoms with Gasteiger partial charge in [0, 0.05) is 37.4 Å². The SMILES string of the molecule is O=C(CCC1CCCC1)Nc1nc2c(s1)CN(Cc1ccccc1)CC2. The molecule has 4 nitrogen and oxygen atoms in total. The van der Waals surface area contributed by atoms with Gasteiger partial charge >= 0.3 is 0 Å². The Morgan fingerprint density at radius 3 is 2.85 bits per heavy atom. The van der Waals surface area contributed by atoms with Crippen molar-refractivity contribution in [1.29, 1.82) is 0 Å². The van der Waals surface area contributed by atoms with Crippen molar-refractivity contribution in [2.24, 2.45) is 5.92 Å². The number of thiazole rings is 1. The second-order valence-electron chi connectivity index (χ2n) is 7.57. The molecule has 1 N–H and O–H groups in total. The summed E-state index contributed by atoms with van der Waals surface area (Å²) >= 11 is 1.65. The van der Waals surface area contributed by atoms with E-state index in [2.05, 4.69) is 45.5 Å². The summed E-state index contributed by atoms with van der Waals surface area (Å²) in [7, 11) is 0. The van der Waals surface area contributed by atoms with Gasteiger partial charge in [0.15, 0.2) is 5.13 Å². The average molecular weight is 370 g/mol. The minimum atomic E-state index is 0.129. The van der Waals surface area contributed by atoms with Gasteiger partial charge in [0.2, 0.25) is 5.91 Å². The monoisotopic (exact) mass is 369 g/mol. The zero-order valence-corrected chi connectivity index (χ0v) is 16.1. The molecule has 26 heavy (non-hydrogen) atoms. The first-order valence-electron chi connectivity index (χ1n) is 9.81. The van der Waals surface area contributed by atoms with Crippen molar-refractivity contribution in [3.05, 3.63) is 46.5 Å². The third-order valence-corrected chi connectivity index (χ3v) is 6.56. The molecule has 1 aliphatic carbocycles. The van der Waals surface area contributed by atoms with Crippen LogP contribution in [0.5, 0.6) is 0 Å². The zero-order valence-electron chi connectivity index (χ0n) is 15.2. The number of benzene rings is 1. The predicted molar refractivity (Wildman–Crippen MR) is 106 cm³/mol. The molecule has 2 aromatic rings. The van der Waals surface area contributed by atoms with Crippen LogP contribution in [0.25, 0.3) is 0 Å². The lowest BCUT2D eigenvalue weighted by atomic mass is 10.0. The number of carbonyl (C=O) groups is 1. The molecule has 4 rings (SSSR count). The van der Waals surface area contributed by atoms with E-state index < -0.39 is 0 Å². The Bertz CT molecular complexity index is 737. The summed E-state index contributed by atoms with van der Waals surface area (Å²) in [4.78, 5) is 20.7. The second-order valence-corrected chi connectivity index (χ2v) is 8.66. The van der Waals surface area contributed by atoms with E-state index in [-0.39, 0.29) is 5.91 Å². The Kier molecular flexibility index (Phi) is 5.65. The Balaban J connectivity index is 1.30. The maximum atomic E-state index is 12.2. The molecule has 0 bridgehead atoms. The van der Waals surface area contributed by atoms with Crippen LogP contribution in [-0.2, 0) is 24.3 Å². The Hall–Kier alpha value is -1.72. The van der Waals surface area contributed by atoms with E-state index in [0.29, 0.717) is 6.42 Å². The van der Waals surface area contributed by atoms with E-state index in [1.54, 1.807) is 11.3 Å². The van der Waals surface area contributed by atoms with E-state index in [9.17, 15) is 4.79 Å². The Morgan fingerprint density at radius 2 is 2.04 bits per heavy atom. The van der Waals surface area contributed by atoms with Crippen molar-refractivity contribution < 1.29 is 4.79 Å². The van der Waals surface area contributed by atoms with Crippen molar-refractivity contribution in [3.63, 3.8) is 0 Å². The highest BCUT2D eigenvalue weighted by Gasteiger charge is 2.22. The predicted octanol–water partition coefficient (Wildman–Crippen LogP) is 4.61. The lowest BCUT2D eigenvalue weighted by molar-refractivity contribution is -0.116. The first kappa shape index (κ1) is 17.7. The molecule has 0 unspecified atom stereocenters. The molecular weight excluding hydrogens is 342 g/mol. The van der Waals surface area contributed by atoms with Crippen molar-refractivity contribution in [2.45, 2.75) is 58.0 Å². The van der Waals surface area contributed by atoms with Crippen LogP contribution in [0.2, 0.25) is 0 Å². The van der Waals surface area contributed by atoms with Gasteiger partial charge in [0.05, 0.1) is 5.69 Å². The first-order chi connectivity index (χ1) is 12.8. The number of anilines is 1. The van der Waals surface area contributed by atoms with Crippen molar-refractivity contribution in [3.8, 4) is 0 Å². The topological polar surface area (TPSA) is 45.2 Å². The summed E-state index contributed by atoms with van der Waals surface area (Å²) in [6, 6.07) is 10.6. The van der Waals surface area contributed by atoms with Crippen molar-refractivity contribution >= 4 is 22.4 Å². The quantitative estimate of drug-likeness (QED) is 0.809. The van der Waals surface area contributed by atoms with Crippen LogP contribution in [0.1, 0.15) is 54.7 Å². The fourth-order valence-corrected chi connectivity index (χ4v) is 5.16. The van der Waals surface area contributed by atoms with Crippen molar-refractivity contribution in [2.75, 3.05) is 11.9 Å². The number of nitrogens with one attached hydrogen (secondary N) is 1. The molecule has 1 aliphatic heterocycles. The number of rotatable bonds is 6. The van der Waals surface area contributed by atoms with E-state index >= 15 is 0 Å². The average Bonchev–Trinajstić information content (AvgIpc) is 3.29. The molecule has 2 heterocycles. The minimum Gasteiger partial charge on any atom is -0.302 e. The standard InChI is InChI=1S/C21H27N3OS/c25-20(11-10-16-6-4-5-7-16)23-21-22-18-12-13-24(15-19(18)26-21)14-17-8-2-1-3-9-17/h1-3,8-9,16H,4-7,10-15H2,(H,22,23,25). The van der Waals surface area contributed by atoms with Crippen molar-refractivity contribution in [1.82, 2.24) is 9.88 Å². The number of carbonyl (C=O) groups excluding carboxylic acids is 1. The Morgan fingerprint density at radius 1 is 1.23 bits per heavy atom. The normalized spacial score (nSPS) is 18.0. The lowest BCUT2D eigenvalue weighted by Gasteiger charge is -2.25. The maximum Gasteiger partial charge on any atom is 0.226 e. The van der Waals surface area contributed by atoms with Gasteiger partial charge in [-0.05, 0) is 17.9 Å². The van der Waals surface area contributed by atoms with Gasteiger partial charge in [-0.3, -0.25) is 9.69 Å². The third-order valence-electron chi connectivity index (χ3n) is 5.56. The Labute approximate surface area is 159 Å². The smallest absolute Gasteiger partial charge is 0.226 e. The molecule has 2 aliphatic rings. The molecule has 5 heteroatoms. The largest absolute Gasteiger partial charge is 0.302 e. The summed E-state index contributed by atoms with van der Waals surface area (Å²) < 4.78 is 0. The summed E-state index contributed by atoms with van der Waals surface area (Å²) in [5.41, 5.74) is 2.52. The number of hydrogen-bond donors (Lipinski definition) is 1. The molecule has 0 atom stereocenters. The van der Waals surface area contributed by atoms with E-state index in [0.717, 1.165) is 43.5 Å². The molecule has 1 aromatic carbocycles. The van der Waals surface area contributed by atoms with Crippen LogP contribution >= 0.6 is 11.3 Å². The number of nitrogens with zero attached hydrogens (tertiary/aromatic N) is 2. The van der Waals surface area contributed by atoms with Gasteiger partial charge < -0.3 is 5.32 Å². The van der Waals surface area contributed by atoms with E-state index in [1.165, 1.54) is 41.8 Å². The summed E-state index contributed by atoms with van der Waals surface area (Å²) in [6.45, 7) is 2.93. The molecule has 1 saturated carbocycles. The highest BCUT2D eigenvalue weighted by molar-refractivity contribution is 7.15. The number of amides is 1. The minimum absolute atomic E-state index is 0.129. The summed E-state index contributed by atoms with van der Waals surface area (Å²) in [5.74, 6) is 0.890. The van der Waals surface area contributed by atoms with E-state index in [1.807, 2.05) is 0 Å². The van der Waals surface area contributed by atoms with Gasteiger partial charge in [-0.15, -0.1) is 11.3 Å². The second kappa shape index (κ2) is 8.31. The van der Waals surface area contributed by atoms with Crippen LogP contribution in [0.3, 0.4) is 0 Å². The lowest BCUT2D eigenvalue weighted by Crippen LogP contribution is -2.29. The van der Waals surface area contributed by atoms with Gasteiger partial charge in [0.25, 0.3) is 0 Å². The van der Waals surface area contributed by atoms with Gasteiger partial charge in [-0.1, -0.05) is 56.0 Å². The highest BCUT2D eigenvalue weighted by atomic mass is 32.1. The molecule has 0 radical (unpaired) electrons. The number of hydrogen-bond acceptors (Lipinski definition) is 4.